The smallest absolute Gasteiger partial charge is 0.179 e. The lowest BCUT2D eigenvalue weighted by Gasteiger charge is -2.15. The van der Waals surface area contributed by atoms with Gasteiger partial charge in [0.25, 0.3) is 0 Å². The molecule has 0 saturated carbocycles. The average Bonchev–Trinajstić information content (AvgIpc) is 2.30. The maximum Gasteiger partial charge on any atom is 0.179 e. The van der Waals surface area contributed by atoms with Gasteiger partial charge in [-0.15, -0.1) is 0 Å². The first-order valence-corrected chi connectivity index (χ1v) is 7.47. The SMILES string of the molecule is CN(CCO)CCS(=O)(=O)c1ccc(N)c(Cl)c1. The number of hydrogen-bond acceptors (Lipinski definition) is 5. The van der Waals surface area contributed by atoms with Crippen LogP contribution >= 0.6 is 11.6 Å². The lowest BCUT2D eigenvalue weighted by molar-refractivity contribution is 0.227. The number of likely N-dealkylation sites (N-methyl/N-ethyl adjacent to an activating group) is 1. The van der Waals surface area contributed by atoms with Crippen LogP contribution in [0.3, 0.4) is 0 Å². The van der Waals surface area contributed by atoms with Gasteiger partial charge in [0.1, 0.15) is 0 Å². The Morgan fingerprint density at radius 2 is 2.06 bits per heavy atom. The highest BCUT2D eigenvalue weighted by atomic mass is 35.5. The first-order chi connectivity index (χ1) is 8.36. The van der Waals surface area contributed by atoms with Crippen molar-refractivity contribution in [3.63, 3.8) is 0 Å². The number of halogens is 1. The Labute approximate surface area is 112 Å². The van der Waals surface area contributed by atoms with Crippen molar-refractivity contribution in [3.05, 3.63) is 23.2 Å². The van der Waals surface area contributed by atoms with E-state index in [0.29, 0.717) is 18.8 Å². The molecule has 0 atom stereocenters. The Kier molecular flexibility index (Phi) is 5.40. The lowest BCUT2D eigenvalue weighted by atomic mass is 10.3. The summed E-state index contributed by atoms with van der Waals surface area (Å²) in [6.07, 6.45) is 0. The van der Waals surface area contributed by atoms with Gasteiger partial charge in [0, 0.05) is 13.1 Å². The van der Waals surface area contributed by atoms with Crippen molar-refractivity contribution in [2.45, 2.75) is 4.90 Å². The van der Waals surface area contributed by atoms with E-state index in [2.05, 4.69) is 0 Å². The molecule has 0 amide bonds. The molecule has 0 aromatic heterocycles. The van der Waals surface area contributed by atoms with E-state index < -0.39 is 9.84 Å². The summed E-state index contributed by atoms with van der Waals surface area (Å²) in [7, 11) is -1.62. The van der Waals surface area contributed by atoms with Crippen molar-refractivity contribution in [2.24, 2.45) is 0 Å². The molecule has 0 spiro atoms. The Bertz CT molecular complexity index is 505. The number of nitrogens with two attached hydrogens (primary N) is 1. The summed E-state index contributed by atoms with van der Waals surface area (Å²) < 4.78 is 24.0. The minimum absolute atomic E-state index is 0.00421. The zero-order valence-electron chi connectivity index (χ0n) is 10.1. The summed E-state index contributed by atoms with van der Waals surface area (Å²) in [4.78, 5) is 1.91. The summed E-state index contributed by atoms with van der Waals surface area (Å²) in [6.45, 7) is 0.799. The molecule has 18 heavy (non-hydrogen) atoms. The number of sulfone groups is 1. The van der Waals surface area contributed by atoms with E-state index in [4.69, 9.17) is 22.4 Å². The molecule has 102 valence electrons. The fourth-order valence-corrected chi connectivity index (χ4v) is 2.98. The highest BCUT2D eigenvalue weighted by Gasteiger charge is 2.16. The van der Waals surface area contributed by atoms with Gasteiger partial charge in [-0.25, -0.2) is 8.42 Å². The number of hydrogen-bond donors (Lipinski definition) is 2. The third-order valence-corrected chi connectivity index (χ3v) is 4.57. The zero-order chi connectivity index (χ0) is 13.8. The molecule has 1 aromatic rings. The van der Waals surface area contributed by atoms with Gasteiger partial charge in [-0.3, -0.25) is 0 Å². The Hall–Kier alpha value is -0.820. The molecule has 0 radical (unpaired) electrons. The van der Waals surface area contributed by atoms with E-state index in [1.807, 2.05) is 0 Å². The predicted molar refractivity (Wildman–Crippen MR) is 72.5 cm³/mol. The Morgan fingerprint density at radius 3 is 2.61 bits per heavy atom. The van der Waals surface area contributed by atoms with Gasteiger partial charge in [0.05, 0.1) is 28.0 Å². The van der Waals surface area contributed by atoms with Gasteiger partial charge in [0.15, 0.2) is 9.84 Å². The molecule has 0 fully saturated rings. The maximum atomic E-state index is 12.0. The van der Waals surface area contributed by atoms with E-state index >= 15 is 0 Å². The van der Waals surface area contributed by atoms with Gasteiger partial charge in [-0.05, 0) is 25.2 Å². The van der Waals surface area contributed by atoms with Crippen LogP contribution < -0.4 is 5.73 Å². The molecule has 0 aliphatic rings. The number of anilines is 1. The molecule has 5 nitrogen and oxygen atoms in total. The second kappa shape index (κ2) is 6.38. The van der Waals surface area contributed by atoms with Crippen LogP contribution in [-0.2, 0) is 9.84 Å². The maximum absolute atomic E-state index is 12.0. The van der Waals surface area contributed by atoms with E-state index in [1.165, 1.54) is 18.2 Å². The van der Waals surface area contributed by atoms with Crippen LogP contribution in [0.15, 0.2) is 23.1 Å². The Morgan fingerprint density at radius 1 is 1.39 bits per heavy atom. The minimum Gasteiger partial charge on any atom is -0.398 e. The van der Waals surface area contributed by atoms with Crippen LogP contribution in [0.25, 0.3) is 0 Å². The molecule has 1 rings (SSSR count). The first kappa shape index (κ1) is 15.2. The molecular formula is C11H17ClN2O3S. The molecule has 7 heteroatoms. The number of nitrogens with zero attached hydrogens (tertiary/aromatic N) is 1. The van der Waals surface area contributed by atoms with Crippen LogP contribution in [0.1, 0.15) is 0 Å². The van der Waals surface area contributed by atoms with Gasteiger partial charge in [0.2, 0.25) is 0 Å². The fourth-order valence-electron chi connectivity index (χ4n) is 1.38. The number of benzene rings is 1. The molecule has 3 N–H and O–H groups in total. The highest BCUT2D eigenvalue weighted by molar-refractivity contribution is 7.91. The number of aliphatic hydroxyl groups excluding tert-OH is 1. The van der Waals surface area contributed by atoms with Crippen molar-refractivity contribution < 1.29 is 13.5 Å². The van der Waals surface area contributed by atoms with E-state index in [9.17, 15) is 8.42 Å². The number of nitrogen functional groups attached to an aromatic ring is 1. The molecular weight excluding hydrogens is 276 g/mol. The molecule has 1 aromatic carbocycles. The first-order valence-electron chi connectivity index (χ1n) is 5.44. The predicted octanol–water partition coefficient (Wildman–Crippen LogP) is 0.620. The van der Waals surface area contributed by atoms with Crippen LogP contribution in [0.2, 0.25) is 5.02 Å². The zero-order valence-corrected chi connectivity index (χ0v) is 11.7. The standard InChI is InChI=1S/C11H17ClN2O3S/c1-14(4-6-15)5-7-18(16,17)9-2-3-11(13)10(12)8-9/h2-3,8,15H,4-7,13H2,1H3. The fraction of sp³-hybridized carbons (Fsp3) is 0.455. The minimum atomic E-state index is -3.38. The van der Waals surface area contributed by atoms with Crippen molar-refractivity contribution in [2.75, 3.05) is 38.2 Å². The van der Waals surface area contributed by atoms with Crippen LogP contribution in [0.4, 0.5) is 5.69 Å². The number of aliphatic hydroxyl groups is 1. The van der Waals surface area contributed by atoms with Crippen molar-refractivity contribution in [1.29, 1.82) is 0 Å². The van der Waals surface area contributed by atoms with Crippen LogP contribution in [0, 0.1) is 0 Å². The quantitative estimate of drug-likeness (QED) is 0.751. The molecule has 0 aliphatic carbocycles. The average molecular weight is 293 g/mol. The van der Waals surface area contributed by atoms with Crippen molar-refractivity contribution in [3.8, 4) is 0 Å². The van der Waals surface area contributed by atoms with E-state index in [0.717, 1.165) is 0 Å². The van der Waals surface area contributed by atoms with E-state index in [-0.39, 0.29) is 22.3 Å². The summed E-state index contributed by atoms with van der Waals surface area (Å²) in [5.41, 5.74) is 5.89. The number of rotatable bonds is 6. The molecule has 0 unspecified atom stereocenters. The van der Waals surface area contributed by atoms with Crippen LogP contribution in [0.5, 0.6) is 0 Å². The van der Waals surface area contributed by atoms with Crippen LogP contribution in [-0.4, -0.2) is 50.9 Å². The summed E-state index contributed by atoms with van der Waals surface area (Å²) >= 11 is 5.80. The van der Waals surface area contributed by atoms with Gasteiger partial charge >= 0.3 is 0 Å². The third kappa shape index (κ3) is 4.13. The third-order valence-electron chi connectivity index (χ3n) is 2.55. The summed E-state index contributed by atoms with van der Waals surface area (Å²) in [5.74, 6) is -0.0241. The molecule has 0 saturated heterocycles. The van der Waals surface area contributed by atoms with E-state index in [1.54, 1.807) is 11.9 Å². The normalized spacial score (nSPS) is 12.0. The lowest BCUT2D eigenvalue weighted by Crippen LogP contribution is -2.28. The Balaban J connectivity index is 2.77. The monoisotopic (exact) mass is 292 g/mol. The summed E-state index contributed by atoms with van der Waals surface area (Å²) in [6, 6.07) is 4.29. The highest BCUT2D eigenvalue weighted by Crippen LogP contribution is 2.23. The van der Waals surface area contributed by atoms with Gasteiger partial charge in [-0.2, -0.15) is 0 Å². The second-order valence-electron chi connectivity index (χ2n) is 4.03. The van der Waals surface area contributed by atoms with Gasteiger partial charge in [-0.1, -0.05) is 11.6 Å². The summed E-state index contributed by atoms with van der Waals surface area (Å²) in [5, 5.41) is 8.96. The largest absolute Gasteiger partial charge is 0.398 e. The van der Waals surface area contributed by atoms with Crippen molar-refractivity contribution in [1.82, 2.24) is 4.90 Å². The van der Waals surface area contributed by atoms with Crippen molar-refractivity contribution >= 4 is 27.1 Å². The molecule has 0 aliphatic heterocycles. The topological polar surface area (TPSA) is 83.6 Å². The van der Waals surface area contributed by atoms with Gasteiger partial charge < -0.3 is 15.7 Å². The second-order valence-corrected chi connectivity index (χ2v) is 6.55. The molecule has 0 bridgehead atoms. The molecule has 0 heterocycles.